The summed E-state index contributed by atoms with van der Waals surface area (Å²) < 4.78 is 13.0. The zero-order valence-corrected chi connectivity index (χ0v) is 11.7. The molecule has 7 heteroatoms. The minimum Gasteiger partial charge on any atom is -0.481 e. The van der Waals surface area contributed by atoms with Gasteiger partial charge < -0.3 is 15.7 Å². The summed E-state index contributed by atoms with van der Waals surface area (Å²) >= 11 is 5.82. The molecular weight excluding hydrogens is 287 g/mol. The Morgan fingerprint density at radius 3 is 2.75 bits per heavy atom. The fraction of sp³-hybridized carbons (Fsp3) is 0.385. The predicted molar refractivity (Wildman–Crippen MR) is 74.5 cm³/mol. The van der Waals surface area contributed by atoms with Crippen molar-refractivity contribution in [3.05, 3.63) is 29.0 Å². The van der Waals surface area contributed by atoms with Crippen LogP contribution in [0, 0.1) is 5.82 Å². The van der Waals surface area contributed by atoms with E-state index in [1.807, 2.05) is 6.92 Å². The SMILES string of the molecule is CCCC(CC(=O)O)NC(=O)Nc1cc(F)ccc1Cl. The number of benzene rings is 1. The van der Waals surface area contributed by atoms with Crippen LogP contribution in [0.3, 0.4) is 0 Å². The van der Waals surface area contributed by atoms with Gasteiger partial charge in [-0.1, -0.05) is 24.9 Å². The number of urea groups is 1. The quantitative estimate of drug-likeness (QED) is 0.755. The van der Waals surface area contributed by atoms with Gasteiger partial charge in [0, 0.05) is 6.04 Å². The smallest absolute Gasteiger partial charge is 0.319 e. The maximum absolute atomic E-state index is 13.0. The molecule has 0 fully saturated rings. The van der Waals surface area contributed by atoms with E-state index < -0.39 is 23.9 Å². The molecule has 1 unspecified atom stereocenters. The van der Waals surface area contributed by atoms with E-state index in [0.29, 0.717) is 6.42 Å². The summed E-state index contributed by atoms with van der Waals surface area (Å²) in [5, 5.41) is 13.9. The van der Waals surface area contributed by atoms with Crippen molar-refractivity contribution >= 4 is 29.3 Å². The number of halogens is 2. The molecule has 1 rings (SSSR count). The number of rotatable bonds is 6. The van der Waals surface area contributed by atoms with Gasteiger partial charge in [0.15, 0.2) is 0 Å². The van der Waals surface area contributed by atoms with Gasteiger partial charge in [-0.3, -0.25) is 4.79 Å². The number of carbonyl (C=O) groups excluding carboxylic acids is 1. The van der Waals surface area contributed by atoms with Crippen LogP contribution in [-0.2, 0) is 4.79 Å². The van der Waals surface area contributed by atoms with Crippen molar-refractivity contribution < 1.29 is 19.1 Å². The summed E-state index contributed by atoms with van der Waals surface area (Å²) in [7, 11) is 0. The van der Waals surface area contributed by atoms with Crippen LogP contribution in [-0.4, -0.2) is 23.1 Å². The van der Waals surface area contributed by atoms with Gasteiger partial charge >= 0.3 is 12.0 Å². The van der Waals surface area contributed by atoms with Crippen molar-refractivity contribution in [3.63, 3.8) is 0 Å². The molecule has 0 spiro atoms. The minimum atomic E-state index is -0.993. The van der Waals surface area contributed by atoms with Crippen LogP contribution in [0.5, 0.6) is 0 Å². The van der Waals surface area contributed by atoms with Crippen LogP contribution >= 0.6 is 11.6 Å². The summed E-state index contributed by atoms with van der Waals surface area (Å²) in [5.74, 6) is -1.52. The Labute approximate surface area is 121 Å². The molecule has 0 aliphatic carbocycles. The van der Waals surface area contributed by atoms with Gasteiger partial charge in [-0.25, -0.2) is 9.18 Å². The molecule has 1 aromatic rings. The van der Waals surface area contributed by atoms with Gasteiger partial charge in [0.2, 0.25) is 0 Å². The van der Waals surface area contributed by atoms with E-state index in [0.717, 1.165) is 12.5 Å². The third-order valence-electron chi connectivity index (χ3n) is 2.57. The maximum Gasteiger partial charge on any atom is 0.319 e. The summed E-state index contributed by atoms with van der Waals surface area (Å²) in [5.41, 5.74) is 0.134. The summed E-state index contributed by atoms with van der Waals surface area (Å²) in [6.45, 7) is 1.89. The molecule has 0 saturated heterocycles. The molecule has 0 saturated carbocycles. The highest BCUT2D eigenvalue weighted by molar-refractivity contribution is 6.33. The van der Waals surface area contributed by atoms with E-state index in [4.69, 9.17) is 16.7 Å². The molecule has 3 N–H and O–H groups in total. The molecule has 2 amide bonds. The van der Waals surface area contributed by atoms with E-state index in [9.17, 15) is 14.0 Å². The van der Waals surface area contributed by atoms with Crippen LogP contribution in [0.15, 0.2) is 18.2 Å². The summed E-state index contributed by atoms with van der Waals surface area (Å²) in [4.78, 5) is 22.4. The van der Waals surface area contributed by atoms with Crippen LogP contribution in [0.25, 0.3) is 0 Å². The predicted octanol–water partition coefficient (Wildman–Crippen LogP) is 3.24. The lowest BCUT2D eigenvalue weighted by Gasteiger charge is -2.17. The van der Waals surface area contributed by atoms with Gasteiger partial charge in [0.05, 0.1) is 17.1 Å². The summed E-state index contributed by atoms with van der Waals surface area (Å²) in [6.07, 6.45) is 1.10. The van der Waals surface area contributed by atoms with Gasteiger partial charge in [-0.2, -0.15) is 0 Å². The van der Waals surface area contributed by atoms with Crippen LogP contribution in [0.2, 0.25) is 5.02 Å². The zero-order chi connectivity index (χ0) is 15.1. The fourth-order valence-corrected chi connectivity index (χ4v) is 1.89. The first-order valence-corrected chi connectivity index (χ1v) is 6.54. The highest BCUT2D eigenvalue weighted by Crippen LogP contribution is 2.22. The second kappa shape index (κ2) is 7.69. The summed E-state index contributed by atoms with van der Waals surface area (Å²) in [6, 6.07) is 2.50. The molecule has 0 heterocycles. The number of aliphatic carboxylic acids is 1. The molecule has 0 bridgehead atoms. The normalized spacial score (nSPS) is 11.8. The Bertz CT molecular complexity index is 497. The molecular formula is C13H16ClFN2O3. The van der Waals surface area contributed by atoms with Crippen LogP contribution < -0.4 is 10.6 Å². The van der Waals surface area contributed by atoms with Crippen LogP contribution in [0.1, 0.15) is 26.2 Å². The first-order valence-electron chi connectivity index (χ1n) is 6.16. The van der Waals surface area contributed by atoms with Gasteiger partial charge in [-0.05, 0) is 24.6 Å². The topological polar surface area (TPSA) is 78.4 Å². The van der Waals surface area contributed by atoms with Crippen molar-refractivity contribution in [3.8, 4) is 0 Å². The van der Waals surface area contributed by atoms with Crippen molar-refractivity contribution in [1.29, 1.82) is 0 Å². The molecule has 0 radical (unpaired) electrons. The Kier molecular flexibility index (Phi) is 6.24. The van der Waals surface area contributed by atoms with Crippen molar-refractivity contribution in [2.45, 2.75) is 32.2 Å². The molecule has 110 valence electrons. The highest BCUT2D eigenvalue weighted by atomic mass is 35.5. The number of hydrogen-bond acceptors (Lipinski definition) is 2. The van der Waals surface area contributed by atoms with Gasteiger partial charge in [0.25, 0.3) is 0 Å². The lowest BCUT2D eigenvalue weighted by Crippen LogP contribution is -2.39. The zero-order valence-electron chi connectivity index (χ0n) is 11.0. The van der Waals surface area contributed by atoms with E-state index >= 15 is 0 Å². The van der Waals surface area contributed by atoms with Crippen molar-refractivity contribution in [2.24, 2.45) is 0 Å². The Hall–Kier alpha value is -1.82. The molecule has 1 aromatic carbocycles. The molecule has 0 aliphatic heterocycles. The number of carboxylic acid groups (broad SMARTS) is 1. The largest absolute Gasteiger partial charge is 0.481 e. The Morgan fingerprint density at radius 1 is 1.45 bits per heavy atom. The maximum atomic E-state index is 13.0. The third-order valence-corrected chi connectivity index (χ3v) is 2.90. The van der Waals surface area contributed by atoms with E-state index in [-0.39, 0.29) is 17.1 Å². The first-order chi connectivity index (χ1) is 9.42. The number of hydrogen-bond donors (Lipinski definition) is 3. The minimum absolute atomic E-state index is 0.134. The molecule has 0 aromatic heterocycles. The standard InChI is InChI=1S/C13H16ClFN2O3/c1-2-3-9(7-12(18)19)16-13(20)17-11-6-8(15)4-5-10(11)14/h4-6,9H,2-3,7H2,1H3,(H,18,19)(H2,16,17,20). The second-order valence-corrected chi connectivity index (χ2v) is 4.71. The first kappa shape index (κ1) is 16.2. The van der Waals surface area contributed by atoms with E-state index in [1.165, 1.54) is 12.1 Å². The van der Waals surface area contributed by atoms with Crippen molar-refractivity contribution in [2.75, 3.05) is 5.32 Å². The molecule has 1 atom stereocenters. The molecule has 5 nitrogen and oxygen atoms in total. The number of carboxylic acids is 1. The highest BCUT2D eigenvalue weighted by Gasteiger charge is 2.15. The lowest BCUT2D eigenvalue weighted by atomic mass is 10.1. The monoisotopic (exact) mass is 302 g/mol. The average Bonchev–Trinajstić information content (AvgIpc) is 2.33. The Balaban J connectivity index is 2.65. The Morgan fingerprint density at radius 2 is 2.15 bits per heavy atom. The number of nitrogens with one attached hydrogen (secondary N) is 2. The van der Waals surface area contributed by atoms with E-state index in [2.05, 4.69) is 10.6 Å². The van der Waals surface area contributed by atoms with Gasteiger partial charge in [0.1, 0.15) is 5.82 Å². The number of anilines is 1. The van der Waals surface area contributed by atoms with E-state index in [1.54, 1.807) is 0 Å². The number of carbonyl (C=O) groups is 2. The lowest BCUT2D eigenvalue weighted by molar-refractivity contribution is -0.137. The van der Waals surface area contributed by atoms with Crippen molar-refractivity contribution in [1.82, 2.24) is 5.32 Å². The van der Waals surface area contributed by atoms with Gasteiger partial charge in [-0.15, -0.1) is 0 Å². The third kappa shape index (κ3) is 5.44. The number of amides is 2. The molecule has 20 heavy (non-hydrogen) atoms. The fourth-order valence-electron chi connectivity index (χ4n) is 1.72. The molecule has 0 aliphatic rings. The van der Waals surface area contributed by atoms with Crippen LogP contribution in [0.4, 0.5) is 14.9 Å². The second-order valence-electron chi connectivity index (χ2n) is 4.31. The average molecular weight is 303 g/mol.